The maximum Gasteiger partial charge on any atom is 0.260 e. The summed E-state index contributed by atoms with van der Waals surface area (Å²) in [6, 6.07) is 14.6. The van der Waals surface area contributed by atoms with E-state index in [4.69, 9.17) is 9.15 Å². The third kappa shape index (κ3) is 3.91. The smallest absolute Gasteiger partial charge is 0.260 e. The van der Waals surface area contributed by atoms with Gasteiger partial charge in [0.25, 0.3) is 5.91 Å². The summed E-state index contributed by atoms with van der Waals surface area (Å²) in [7, 11) is 0. The molecule has 2 heterocycles. The van der Waals surface area contributed by atoms with Gasteiger partial charge >= 0.3 is 0 Å². The van der Waals surface area contributed by atoms with E-state index < -0.39 is 0 Å². The van der Waals surface area contributed by atoms with Gasteiger partial charge in [0.05, 0.1) is 0 Å². The first-order chi connectivity index (χ1) is 13.6. The molecule has 1 aromatic heterocycles. The number of piperidine rings is 1. The fourth-order valence-corrected chi connectivity index (χ4v) is 3.48. The van der Waals surface area contributed by atoms with Gasteiger partial charge < -0.3 is 14.1 Å². The van der Waals surface area contributed by atoms with Gasteiger partial charge in [-0.25, -0.2) is 4.98 Å². The fourth-order valence-electron chi connectivity index (χ4n) is 3.48. The molecule has 28 heavy (non-hydrogen) atoms. The number of likely N-dealkylation sites (tertiary alicyclic amines) is 1. The number of ether oxygens (including phenoxy) is 1. The van der Waals surface area contributed by atoms with Crippen LogP contribution in [0.1, 0.15) is 41.9 Å². The number of hydrogen-bond acceptors (Lipinski definition) is 5. The van der Waals surface area contributed by atoms with Gasteiger partial charge in [-0.15, -0.1) is 0 Å². The second-order valence-electron chi connectivity index (χ2n) is 7.05. The number of carbonyl (C=O) groups is 2. The number of para-hydroxylation sites is 2. The molecule has 1 saturated heterocycles. The van der Waals surface area contributed by atoms with Crippen molar-refractivity contribution in [2.45, 2.75) is 25.7 Å². The summed E-state index contributed by atoms with van der Waals surface area (Å²) in [6.45, 7) is 2.78. The lowest BCUT2D eigenvalue weighted by molar-refractivity contribution is -0.134. The maximum absolute atomic E-state index is 12.5. The Morgan fingerprint density at radius 3 is 2.68 bits per heavy atom. The number of aromatic nitrogens is 1. The molecule has 0 aliphatic carbocycles. The summed E-state index contributed by atoms with van der Waals surface area (Å²) in [5.74, 6) is 1.43. The van der Waals surface area contributed by atoms with E-state index >= 15 is 0 Å². The van der Waals surface area contributed by atoms with E-state index in [0.717, 1.165) is 29.8 Å². The van der Waals surface area contributed by atoms with Gasteiger partial charge in [-0.1, -0.05) is 24.3 Å². The minimum atomic E-state index is -0.0516. The number of oxazole rings is 1. The molecule has 1 amide bonds. The molecule has 3 aromatic rings. The Balaban J connectivity index is 1.31. The van der Waals surface area contributed by atoms with Crippen molar-refractivity contribution in [1.82, 2.24) is 9.88 Å². The molecule has 0 spiro atoms. The van der Waals surface area contributed by atoms with Crippen molar-refractivity contribution in [2.75, 3.05) is 19.7 Å². The van der Waals surface area contributed by atoms with Crippen molar-refractivity contribution in [3.63, 3.8) is 0 Å². The number of fused-ring (bicyclic) bond motifs is 1. The van der Waals surface area contributed by atoms with Crippen molar-refractivity contribution in [1.29, 1.82) is 0 Å². The van der Waals surface area contributed by atoms with Crippen LogP contribution < -0.4 is 4.74 Å². The van der Waals surface area contributed by atoms with E-state index in [1.54, 1.807) is 24.3 Å². The van der Waals surface area contributed by atoms with E-state index in [9.17, 15) is 9.59 Å². The van der Waals surface area contributed by atoms with Crippen LogP contribution in [-0.4, -0.2) is 41.3 Å². The van der Waals surface area contributed by atoms with E-state index in [1.165, 1.54) is 6.92 Å². The van der Waals surface area contributed by atoms with Crippen LogP contribution in [0.25, 0.3) is 11.1 Å². The number of hydrogen-bond donors (Lipinski definition) is 0. The van der Waals surface area contributed by atoms with Gasteiger partial charge in [0.1, 0.15) is 11.3 Å². The average molecular weight is 378 g/mol. The number of ketones is 1. The molecule has 0 radical (unpaired) electrons. The lowest BCUT2D eigenvalue weighted by Crippen LogP contribution is -2.40. The molecule has 144 valence electrons. The number of amides is 1. The molecule has 0 saturated carbocycles. The summed E-state index contributed by atoms with van der Waals surface area (Å²) in [6.07, 6.45) is 1.64. The van der Waals surface area contributed by atoms with Gasteiger partial charge in [0.2, 0.25) is 0 Å². The molecule has 6 heteroatoms. The minimum absolute atomic E-state index is 0.0296. The Kier molecular flexibility index (Phi) is 5.10. The van der Waals surface area contributed by atoms with E-state index in [-0.39, 0.29) is 24.2 Å². The van der Waals surface area contributed by atoms with Crippen molar-refractivity contribution < 1.29 is 18.7 Å². The highest BCUT2D eigenvalue weighted by molar-refractivity contribution is 5.94. The monoisotopic (exact) mass is 378 g/mol. The number of nitrogens with zero attached hydrogens (tertiary/aromatic N) is 2. The SMILES string of the molecule is CC(=O)c1cccc(OCC(=O)N2CCC(c3nc4ccccc4o3)CC2)c1. The number of carbonyl (C=O) groups excluding carboxylic acids is 2. The zero-order chi connectivity index (χ0) is 19.5. The fraction of sp³-hybridized carbons (Fsp3) is 0.318. The second-order valence-corrected chi connectivity index (χ2v) is 7.05. The molecule has 2 aromatic carbocycles. The number of benzene rings is 2. The first kappa shape index (κ1) is 18.2. The van der Waals surface area contributed by atoms with Gasteiger partial charge in [-0.3, -0.25) is 9.59 Å². The van der Waals surface area contributed by atoms with Crippen LogP contribution in [0.4, 0.5) is 0 Å². The quantitative estimate of drug-likeness (QED) is 0.631. The Labute approximate surface area is 163 Å². The Bertz CT molecular complexity index is 969. The standard InChI is InChI=1S/C22H22N2O4/c1-15(25)17-5-4-6-18(13-17)27-14-21(26)24-11-9-16(10-12-24)22-23-19-7-2-3-8-20(19)28-22/h2-8,13,16H,9-12,14H2,1H3. The average Bonchev–Trinajstić information content (AvgIpc) is 3.16. The third-order valence-electron chi connectivity index (χ3n) is 5.11. The summed E-state index contributed by atoms with van der Waals surface area (Å²) in [5, 5.41) is 0. The number of rotatable bonds is 5. The summed E-state index contributed by atoms with van der Waals surface area (Å²) < 4.78 is 11.5. The molecule has 0 unspecified atom stereocenters. The lowest BCUT2D eigenvalue weighted by Gasteiger charge is -2.30. The summed E-state index contributed by atoms with van der Waals surface area (Å²) >= 11 is 0. The highest BCUT2D eigenvalue weighted by Gasteiger charge is 2.27. The molecule has 1 aliphatic rings. The van der Waals surface area contributed by atoms with Crippen LogP contribution >= 0.6 is 0 Å². The number of Topliss-reactive ketones (excluding diaryl/α,β-unsaturated/α-hetero) is 1. The first-order valence-electron chi connectivity index (χ1n) is 9.47. The molecule has 4 rings (SSSR count). The van der Waals surface area contributed by atoms with Crippen LogP contribution in [0.15, 0.2) is 52.9 Å². The van der Waals surface area contributed by atoms with Crippen LogP contribution in [0.2, 0.25) is 0 Å². The van der Waals surface area contributed by atoms with Gasteiger partial charge in [-0.2, -0.15) is 0 Å². The van der Waals surface area contributed by atoms with Crippen molar-refractivity contribution >= 4 is 22.8 Å². The molecular formula is C22H22N2O4. The molecule has 0 bridgehead atoms. The van der Waals surface area contributed by atoms with E-state index in [1.807, 2.05) is 29.2 Å². The maximum atomic E-state index is 12.5. The molecule has 6 nitrogen and oxygen atoms in total. The van der Waals surface area contributed by atoms with Crippen molar-refractivity contribution in [3.8, 4) is 5.75 Å². The van der Waals surface area contributed by atoms with E-state index in [2.05, 4.69) is 4.98 Å². The molecule has 1 fully saturated rings. The highest BCUT2D eigenvalue weighted by Crippen LogP contribution is 2.30. The predicted molar refractivity (Wildman–Crippen MR) is 105 cm³/mol. The van der Waals surface area contributed by atoms with Gasteiger partial charge in [0.15, 0.2) is 23.9 Å². The second kappa shape index (κ2) is 7.84. The van der Waals surface area contributed by atoms with Gasteiger partial charge in [0, 0.05) is 24.6 Å². The van der Waals surface area contributed by atoms with E-state index in [0.29, 0.717) is 24.4 Å². The zero-order valence-corrected chi connectivity index (χ0v) is 15.8. The molecular weight excluding hydrogens is 356 g/mol. The Hall–Kier alpha value is -3.15. The molecule has 1 aliphatic heterocycles. The molecule has 0 atom stereocenters. The van der Waals surface area contributed by atoms with Crippen molar-refractivity contribution in [3.05, 3.63) is 60.0 Å². The van der Waals surface area contributed by atoms with Crippen LogP contribution in [0, 0.1) is 0 Å². The first-order valence-corrected chi connectivity index (χ1v) is 9.47. The van der Waals surface area contributed by atoms with Crippen LogP contribution in [0.5, 0.6) is 5.75 Å². The highest BCUT2D eigenvalue weighted by atomic mass is 16.5. The Morgan fingerprint density at radius 2 is 1.93 bits per heavy atom. The summed E-state index contributed by atoms with van der Waals surface area (Å²) in [4.78, 5) is 30.3. The van der Waals surface area contributed by atoms with Crippen molar-refractivity contribution in [2.24, 2.45) is 0 Å². The zero-order valence-electron chi connectivity index (χ0n) is 15.8. The topological polar surface area (TPSA) is 72.6 Å². The largest absolute Gasteiger partial charge is 0.484 e. The predicted octanol–water partition coefficient (Wildman–Crippen LogP) is 3.82. The minimum Gasteiger partial charge on any atom is -0.484 e. The lowest BCUT2D eigenvalue weighted by atomic mass is 9.97. The molecule has 0 N–H and O–H groups in total. The van der Waals surface area contributed by atoms with Crippen LogP contribution in [0.3, 0.4) is 0 Å². The van der Waals surface area contributed by atoms with Crippen LogP contribution in [-0.2, 0) is 4.79 Å². The normalized spacial score (nSPS) is 15.0. The summed E-state index contributed by atoms with van der Waals surface area (Å²) in [5.41, 5.74) is 2.25. The third-order valence-corrected chi connectivity index (χ3v) is 5.11. The van der Waals surface area contributed by atoms with Gasteiger partial charge in [-0.05, 0) is 44.0 Å². The Morgan fingerprint density at radius 1 is 1.14 bits per heavy atom.